The zero-order chi connectivity index (χ0) is 14.8. The first-order chi connectivity index (χ1) is 10.2. The summed E-state index contributed by atoms with van der Waals surface area (Å²) in [5.74, 6) is -0.00595. The molecule has 0 aliphatic carbocycles. The van der Waals surface area contributed by atoms with E-state index in [9.17, 15) is 4.79 Å². The number of hydrazone groups is 1. The minimum absolute atomic E-state index is 0.00595. The molecule has 0 fully saturated rings. The summed E-state index contributed by atoms with van der Waals surface area (Å²) in [6.45, 7) is 3.72. The van der Waals surface area contributed by atoms with Crippen molar-refractivity contribution in [2.75, 3.05) is 0 Å². The number of amides is 1. The van der Waals surface area contributed by atoms with Gasteiger partial charge in [-0.15, -0.1) is 11.3 Å². The Morgan fingerprint density at radius 3 is 2.67 bits per heavy atom. The van der Waals surface area contributed by atoms with Gasteiger partial charge in [0.15, 0.2) is 0 Å². The summed E-state index contributed by atoms with van der Waals surface area (Å²) in [6, 6.07) is 12.6. The number of hydrogen-bond acceptors (Lipinski definition) is 3. The van der Waals surface area contributed by atoms with Crippen LogP contribution in [0.3, 0.4) is 0 Å². The Kier molecular flexibility index (Phi) is 3.88. The third-order valence-electron chi connectivity index (χ3n) is 3.80. The van der Waals surface area contributed by atoms with Gasteiger partial charge in [0, 0.05) is 18.2 Å². The van der Waals surface area contributed by atoms with Gasteiger partial charge in [-0.3, -0.25) is 4.79 Å². The van der Waals surface area contributed by atoms with E-state index in [2.05, 4.69) is 42.4 Å². The number of carbonyl (C=O) groups excluding carboxylic acids is 1. The minimum atomic E-state index is -0.00595. The highest BCUT2D eigenvalue weighted by Gasteiger charge is 2.31. The molecule has 1 atom stereocenters. The summed E-state index contributed by atoms with van der Waals surface area (Å²) in [7, 11) is 0. The molecule has 3 rings (SSSR count). The third-order valence-corrected chi connectivity index (χ3v) is 4.77. The first-order valence-electron chi connectivity index (χ1n) is 7.19. The average Bonchev–Trinajstić information content (AvgIpc) is 3.16. The molecular formula is C17H18N2OS. The van der Waals surface area contributed by atoms with Crippen LogP contribution < -0.4 is 0 Å². The highest BCUT2D eigenvalue weighted by Crippen LogP contribution is 2.35. The molecule has 21 heavy (non-hydrogen) atoms. The van der Waals surface area contributed by atoms with Crippen LogP contribution in [-0.4, -0.2) is 16.6 Å². The smallest absolute Gasteiger partial charge is 0.240 e. The summed E-state index contributed by atoms with van der Waals surface area (Å²) in [5.41, 5.74) is 3.42. The standard InChI is InChI=1S/C17H18N2OS/c1-3-13-6-8-14(9-7-13)15-11-16(17-5-4-10-21-17)19(18-15)12(2)20/h4-10,16H,3,11H2,1-2H3/t16-/m1/s1. The molecule has 0 spiro atoms. The van der Waals surface area contributed by atoms with Crippen LogP contribution in [0, 0.1) is 0 Å². The fourth-order valence-electron chi connectivity index (χ4n) is 2.61. The van der Waals surface area contributed by atoms with E-state index in [1.54, 1.807) is 23.3 Å². The summed E-state index contributed by atoms with van der Waals surface area (Å²) >= 11 is 1.68. The Balaban J connectivity index is 1.89. The monoisotopic (exact) mass is 298 g/mol. The first kappa shape index (κ1) is 14.0. The predicted molar refractivity (Wildman–Crippen MR) is 86.6 cm³/mol. The van der Waals surface area contributed by atoms with Crippen molar-refractivity contribution < 1.29 is 4.79 Å². The highest BCUT2D eigenvalue weighted by molar-refractivity contribution is 7.10. The molecule has 1 aliphatic heterocycles. The van der Waals surface area contributed by atoms with Gasteiger partial charge in [-0.05, 0) is 29.0 Å². The van der Waals surface area contributed by atoms with Crippen molar-refractivity contribution in [1.82, 2.24) is 5.01 Å². The second-order valence-corrected chi connectivity index (χ2v) is 6.18. The first-order valence-corrected chi connectivity index (χ1v) is 8.07. The summed E-state index contributed by atoms with van der Waals surface area (Å²) in [4.78, 5) is 13.0. The molecule has 0 N–H and O–H groups in total. The zero-order valence-electron chi connectivity index (χ0n) is 12.2. The molecule has 4 heteroatoms. The largest absolute Gasteiger partial charge is 0.273 e. The summed E-state index contributed by atoms with van der Waals surface area (Å²) < 4.78 is 0. The van der Waals surface area contributed by atoms with E-state index in [1.807, 2.05) is 11.4 Å². The van der Waals surface area contributed by atoms with Gasteiger partial charge in [-0.2, -0.15) is 5.10 Å². The topological polar surface area (TPSA) is 32.7 Å². The van der Waals surface area contributed by atoms with E-state index in [0.717, 1.165) is 24.1 Å². The van der Waals surface area contributed by atoms with Crippen LogP contribution >= 0.6 is 11.3 Å². The molecule has 2 aromatic rings. The lowest BCUT2D eigenvalue weighted by molar-refractivity contribution is -0.130. The van der Waals surface area contributed by atoms with Crippen molar-refractivity contribution in [2.24, 2.45) is 5.10 Å². The maximum atomic E-state index is 11.9. The Labute approximate surface area is 128 Å². The van der Waals surface area contributed by atoms with E-state index >= 15 is 0 Å². The SMILES string of the molecule is CCc1ccc(C2=NN(C(C)=O)[C@@H](c3cccs3)C2)cc1. The molecule has 0 saturated heterocycles. The Morgan fingerprint density at radius 1 is 1.33 bits per heavy atom. The fraction of sp³-hybridized carbons (Fsp3) is 0.294. The Hall–Kier alpha value is -1.94. The number of nitrogens with zero attached hydrogens (tertiary/aromatic N) is 2. The number of aryl methyl sites for hydroxylation is 1. The predicted octanol–water partition coefficient (Wildman–Crippen LogP) is 4.01. The zero-order valence-corrected chi connectivity index (χ0v) is 13.1. The molecule has 0 saturated carbocycles. The van der Waals surface area contributed by atoms with Gasteiger partial charge in [-0.1, -0.05) is 37.3 Å². The molecule has 0 radical (unpaired) electrons. The number of carbonyl (C=O) groups is 1. The van der Waals surface area contributed by atoms with Crippen molar-refractivity contribution >= 4 is 23.0 Å². The summed E-state index contributed by atoms with van der Waals surface area (Å²) in [6.07, 6.45) is 1.82. The van der Waals surface area contributed by atoms with Crippen molar-refractivity contribution in [2.45, 2.75) is 32.7 Å². The van der Waals surface area contributed by atoms with Gasteiger partial charge in [0.1, 0.15) is 0 Å². The Bertz CT molecular complexity index is 659. The van der Waals surface area contributed by atoms with Gasteiger partial charge in [0.05, 0.1) is 11.8 Å². The average molecular weight is 298 g/mol. The lowest BCUT2D eigenvalue weighted by Crippen LogP contribution is -2.23. The normalized spacial score (nSPS) is 17.9. The van der Waals surface area contributed by atoms with E-state index in [4.69, 9.17) is 0 Å². The number of thiophene rings is 1. The van der Waals surface area contributed by atoms with Crippen molar-refractivity contribution in [3.63, 3.8) is 0 Å². The van der Waals surface area contributed by atoms with E-state index in [-0.39, 0.29) is 11.9 Å². The second-order valence-electron chi connectivity index (χ2n) is 5.20. The minimum Gasteiger partial charge on any atom is -0.273 e. The molecule has 1 aromatic heterocycles. The Morgan fingerprint density at radius 2 is 2.10 bits per heavy atom. The van der Waals surface area contributed by atoms with Crippen molar-refractivity contribution in [3.8, 4) is 0 Å². The lowest BCUT2D eigenvalue weighted by Gasteiger charge is -2.18. The van der Waals surface area contributed by atoms with Gasteiger partial charge in [0.2, 0.25) is 5.91 Å². The fourth-order valence-corrected chi connectivity index (χ4v) is 3.42. The van der Waals surface area contributed by atoms with Gasteiger partial charge < -0.3 is 0 Å². The van der Waals surface area contributed by atoms with E-state index in [1.165, 1.54) is 10.4 Å². The van der Waals surface area contributed by atoms with Crippen LogP contribution in [-0.2, 0) is 11.2 Å². The van der Waals surface area contributed by atoms with Gasteiger partial charge >= 0.3 is 0 Å². The van der Waals surface area contributed by atoms with Crippen LogP contribution in [0.2, 0.25) is 0 Å². The van der Waals surface area contributed by atoms with Crippen LogP contribution in [0.5, 0.6) is 0 Å². The molecule has 3 nitrogen and oxygen atoms in total. The van der Waals surface area contributed by atoms with Crippen molar-refractivity contribution in [3.05, 3.63) is 57.8 Å². The number of benzene rings is 1. The molecule has 108 valence electrons. The number of hydrogen-bond donors (Lipinski definition) is 0. The maximum Gasteiger partial charge on any atom is 0.240 e. The number of rotatable bonds is 3. The van der Waals surface area contributed by atoms with Crippen LogP contribution in [0.15, 0.2) is 46.9 Å². The molecule has 0 unspecified atom stereocenters. The maximum absolute atomic E-state index is 11.9. The summed E-state index contributed by atoms with van der Waals surface area (Å²) in [5, 5.41) is 8.22. The molecule has 1 amide bonds. The van der Waals surface area contributed by atoms with E-state index in [0.29, 0.717) is 0 Å². The van der Waals surface area contributed by atoms with Crippen LogP contribution in [0.4, 0.5) is 0 Å². The quantitative estimate of drug-likeness (QED) is 0.842. The van der Waals surface area contributed by atoms with Gasteiger partial charge in [-0.25, -0.2) is 5.01 Å². The van der Waals surface area contributed by atoms with Crippen molar-refractivity contribution in [1.29, 1.82) is 0 Å². The molecule has 0 bridgehead atoms. The molecular weight excluding hydrogens is 280 g/mol. The molecule has 1 aliphatic rings. The second kappa shape index (κ2) is 5.82. The third kappa shape index (κ3) is 2.76. The van der Waals surface area contributed by atoms with E-state index < -0.39 is 0 Å². The van der Waals surface area contributed by atoms with Gasteiger partial charge in [0.25, 0.3) is 0 Å². The molecule has 1 aromatic carbocycles. The van der Waals surface area contributed by atoms with Crippen LogP contribution in [0.1, 0.15) is 42.3 Å². The highest BCUT2D eigenvalue weighted by atomic mass is 32.1. The lowest BCUT2D eigenvalue weighted by atomic mass is 10.0. The van der Waals surface area contributed by atoms with Crippen LogP contribution in [0.25, 0.3) is 0 Å². The molecule has 2 heterocycles.